The number of carbonyl (C=O) groups excluding carboxylic acids is 1. The highest BCUT2D eigenvalue weighted by Gasteiger charge is 2.44. The highest BCUT2D eigenvalue weighted by atomic mass is 16.5. The van der Waals surface area contributed by atoms with E-state index in [-0.39, 0.29) is 17.0 Å². The van der Waals surface area contributed by atoms with Crippen LogP contribution in [-0.2, 0) is 10.3 Å². The van der Waals surface area contributed by atoms with Gasteiger partial charge >= 0.3 is 6.03 Å². The molecule has 1 fully saturated rings. The molecular weight excluding hydrogens is 400 g/mol. The fourth-order valence-corrected chi connectivity index (χ4v) is 4.86. The second-order valence-corrected chi connectivity index (χ2v) is 10.5. The topological polar surface area (TPSA) is 68.6 Å². The molecule has 1 saturated carbocycles. The van der Waals surface area contributed by atoms with Crippen molar-refractivity contribution in [3.8, 4) is 6.07 Å². The number of hydrogen-bond donors (Lipinski definition) is 1. The van der Waals surface area contributed by atoms with Gasteiger partial charge in [0.1, 0.15) is 0 Å². The lowest BCUT2D eigenvalue weighted by Crippen LogP contribution is -2.52. The van der Waals surface area contributed by atoms with Crippen molar-refractivity contribution >= 4 is 6.03 Å². The van der Waals surface area contributed by atoms with Gasteiger partial charge < -0.3 is 15.0 Å². The first kappa shape index (κ1) is 26.2. The van der Waals surface area contributed by atoms with Crippen molar-refractivity contribution in [2.45, 2.75) is 58.4 Å². The van der Waals surface area contributed by atoms with Crippen molar-refractivity contribution in [1.82, 2.24) is 15.1 Å². The molecule has 6 nitrogen and oxygen atoms in total. The van der Waals surface area contributed by atoms with Crippen LogP contribution in [0, 0.1) is 22.2 Å². The molecule has 0 spiro atoms. The highest BCUT2D eigenvalue weighted by Crippen LogP contribution is 2.48. The predicted octanol–water partition coefficient (Wildman–Crippen LogP) is 4.62. The van der Waals surface area contributed by atoms with Gasteiger partial charge in [0.15, 0.2) is 0 Å². The maximum absolute atomic E-state index is 13.0. The van der Waals surface area contributed by atoms with E-state index in [1.807, 2.05) is 18.7 Å². The minimum absolute atomic E-state index is 0.0176. The number of benzene rings is 1. The Morgan fingerprint density at radius 2 is 1.81 bits per heavy atom. The summed E-state index contributed by atoms with van der Waals surface area (Å²) >= 11 is 0. The van der Waals surface area contributed by atoms with Gasteiger partial charge in [0.2, 0.25) is 0 Å². The average molecular weight is 443 g/mol. The number of nitriles is 1. The van der Waals surface area contributed by atoms with E-state index < -0.39 is 5.41 Å². The molecule has 0 radical (unpaired) electrons. The predicted molar refractivity (Wildman–Crippen MR) is 129 cm³/mol. The SMILES string of the molecule is COCCCNC(=O)N(CC(C)(C)C#N)CC1(C)CCC(c2ccccc2)(N(C)C)CC1. The normalized spacial score (nSPS) is 23.6. The van der Waals surface area contributed by atoms with Crippen molar-refractivity contribution in [3.05, 3.63) is 35.9 Å². The lowest BCUT2D eigenvalue weighted by molar-refractivity contribution is 0.0264. The summed E-state index contributed by atoms with van der Waals surface area (Å²) in [6.45, 7) is 8.36. The molecule has 0 saturated heterocycles. The van der Waals surface area contributed by atoms with Crippen LogP contribution in [-0.4, -0.2) is 63.3 Å². The van der Waals surface area contributed by atoms with Crippen LogP contribution >= 0.6 is 0 Å². The van der Waals surface area contributed by atoms with Crippen LogP contribution in [0.25, 0.3) is 0 Å². The molecule has 178 valence electrons. The smallest absolute Gasteiger partial charge is 0.317 e. The van der Waals surface area contributed by atoms with Gasteiger partial charge in [-0.1, -0.05) is 37.3 Å². The lowest BCUT2D eigenvalue weighted by atomic mass is 9.65. The molecule has 0 unspecified atom stereocenters. The minimum Gasteiger partial charge on any atom is -0.385 e. The van der Waals surface area contributed by atoms with Crippen LogP contribution in [0.15, 0.2) is 30.3 Å². The van der Waals surface area contributed by atoms with Crippen LogP contribution < -0.4 is 5.32 Å². The van der Waals surface area contributed by atoms with Crippen molar-refractivity contribution in [2.75, 3.05) is 47.4 Å². The van der Waals surface area contributed by atoms with Crippen molar-refractivity contribution in [1.29, 1.82) is 5.26 Å². The lowest BCUT2D eigenvalue weighted by Gasteiger charge is -2.50. The number of rotatable bonds is 10. The Labute approximate surface area is 194 Å². The summed E-state index contributed by atoms with van der Waals surface area (Å²) in [7, 11) is 6.01. The van der Waals surface area contributed by atoms with Crippen LogP contribution in [0.2, 0.25) is 0 Å². The fraction of sp³-hybridized carbons (Fsp3) is 0.692. The zero-order chi connectivity index (χ0) is 23.8. The Balaban J connectivity index is 2.13. The Morgan fingerprint density at radius 1 is 1.19 bits per heavy atom. The van der Waals surface area contributed by atoms with E-state index in [1.54, 1.807) is 7.11 Å². The Kier molecular flexibility index (Phi) is 9.12. The molecule has 0 aromatic heterocycles. The number of urea groups is 1. The standard InChI is InChI=1S/C26H42N4O2/c1-24(2,19-27)20-30(23(31)28-17-10-18-32-6)21-25(3)13-15-26(16-14-25,29(4)5)22-11-8-7-9-12-22/h7-9,11-12H,10,13-18,20-21H2,1-6H3,(H,28,31). The quantitative estimate of drug-likeness (QED) is 0.537. The summed E-state index contributed by atoms with van der Waals surface area (Å²) < 4.78 is 5.08. The number of nitrogens with zero attached hydrogens (tertiary/aromatic N) is 3. The maximum atomic E-state index is 13.0. The number of amides is 2. The minimum atomic E-state index is -0.591. The van der Waals surface area contributed by atoms with Gasteiger partial charge in [-0.05, 0) is 71.0 Å². The molecule has 1 aromatic carbocycles. The van der Waals surface area contributed by atoms with E-state index in [9.17, 15) is 10.1 Å². The summed E-state index contributed by atoms with van der Waals surface area (Å²) in [6.07, 6.45) is 4.93. The van der Waals surface area contributed by atoms with Crippen LogP contribution in [0.4, 0.5) is 4.79 Å². The van der Waals surface area contributed by atoms with E-state index in [4.69, 9.17) is 4.74 Å². The van der Waals surface area contributed by atoms with Gasteiger partial charge in [0.05, 0.1) is 11.5 Å². The Bertz CT molecular complexity index is 762. The van der Waals surface area contributed by atoms with Crippen molar-refractivity contribution in [3.63, 3.8) is 0 Å². The Hall–Kier alpha value is -2.10. The van der Waals surface area contributed by atoms with Crippen LogP contribution in [0.3, 0.4) is 0 Å². The zero-order valence-corrected chi connectivity index (χ0v) is 20.9. The molecule has 2 amide bonds. The van der Waals surface area contributed by atoms with E-state index >= 15 is 0 Å². The molecule has 0 aliphatic heterocycles. The molecule has 32 heavy (non-hydrogen) atoms. The number of methoxy groups -OCH3 is 1. The van der Waals surface area contributed by atoms with Crippen molar-refractivity contribution in [2.24, 2.45) is 10.8 Å². The molecule has 0 atom stereocenters. The molecule has 6 heteroatoms. The summed E-state index contributed by atoms with van der Waals surface area (Å²) in [4.78, 5) is 17.3. The third-order valence-corrected chi connectivity index (χ3v) is 7.00. The van der Waals surface area contributed by atoms with Gasteiger partial charge in [-0.15, -0.1) is 0 Å². The first-order chi connectivity index (χ1) is 15.1. The van der Waals surface area contributed by atoms with E-state index in [0.29, 0.717) is 26.2 Å². The summed E-state index contributed by atoms with van der Waals surface area (Å²) in [5, 5.41) is 12.6. The molecule has 0 heterocycles. The first-order valence-electron chi connectivity index (χ1n) is 11.7. The molecule has 1 aromatic rings. The van der Waals surface area contributed by atoms with E-state index in [1.165, 1.54) is 5.56 Å². The zero-order valence-electron chi connectivity index (χ0n) is 20.9. The molecular formula is C26H42N4O2. The van der Waals surface area contributed by atoms with E-state index in [0.717, 1.165) is 32.1 Å². The van der Waals surface area contributed by atoms with Gasteiger partial charge in [-0.3, -0.25) is 4.90 Å². The van der Waals surface area contributed by atoms with Gasteiger partial charge in [0.25, 0.3) is 0 Å². The van der Waals surface area contributed by atoms with Gasteiger partial charge in [0, 0.05) is 38.9 Å². The van der Waals surface area contributed by atoms with Gasteiger partial charge in [-0.2, -0.15) is 5.26 Å². The number of nitrogens with one attached hydrogen (secondary N) is 1. The monoisotopic (exact) mass is 442 g/mol. The largest absolute Gasteiger partial charge is 0.385 e. The van der Waals surface area contributed by atoms with Gasteiger partial charge in [-0.25, -0.2) is 4.79 Å². The molecule has 1 aliphatic rings. The second kappa shape index (κ2) is 11.2. The third-order valence-electron chi connectivity index (χ3n) is 7.00. The number of carbonyl (C=O) groups is 1. The maximum Gasteiger partial charge on any atom is 0.317 e. The molecule has 2 rings (SSSR count). The van der Waals surface area contributed by atoms with Crippen LogP contribution in [0.1, 0.15) is 58.4 Å². The first-order valence-corrected chi connectivity index (χ1v) is 11.7. The fourth-order valence-electron chi connectivity index (χ4n) is 4.86. The van der Waals surface area contributed by atoms with Crippen molar-refractivity contribution < 1.29 is 9.53 Å². The average Bonchev–Trinajstić information content (AvgIpc) is 2.77. The number of hydrogen-bond acceptors (Lipinski definition) is 4. The molecule has 0 bridgehead atoms. The van der Waals surface area contributed by atoms with E-state index in [2.05, 4.69) is 67.6 Å². The third kappa shape index (κ3) is 6.70. The number of ether oxygens (including phenoxy) is 1. The summed E-state index contributed by atoms with van der Waals surface area (Å²) in [6, 6.07) is 13.0. The molecule has 1 N–H and O–H groups in total. The summed E-state index contributed by atoms with van der Waals surface area (Å²) in [5.41, 5.74) is 0.820. The molecule has 1 aliphatic carbocycles. The Morgan fingerprint density at radius 3 is 2.34 bits per heavy atom. The second-order valence-electron chi connectivity index (χ2n) is 10.5. The summed E-state index contributed by atoms with van der Waals surface area (Å²) in [5.74, 6) is 0. The van der Waals surface area contributed by atoms with Crippen LogP contribution in [0.5, 0.6) is 0 Å². The highest BCUT2D eigenvalue weighted by molar-refractivity contribution is 5.74.